The summed E-state index contributed by atoms with van der Waals surface area (Å²) in [5, 5.41) is 0. The highest BCUT2D eigenvalue weighted by Gasteiger charge is 2.22. The Bertz CT molecular complexity index is 253. The fourth-order valence-electron chi connectivity index (χ4n) is 1.13. The minimum atomic E-state index is 0.866. The highest BCUT2D eigenvalue weighted by molar-refractivity contribution is 5.00. The van der Waals surface area contributed by atoms with Gasteiger partial charge < -0.3 is 0 Å². The predicted molar refractivity (Wildman–Crippen MR) is 42.0 cm³/mol. The molecule has 2 nitrogen and oxygen atoms in total. The Morgan fingerprint density at radius 3 is 3.09 bits per heavy atom. The van der Waals surface area contributed by atoms with Gasteiger partial charge in [-0.15, -0.1) is 0 Å². The molecule has 11 heavy (non-hydrogen) atoms. The highest BCUT2D eigenvalue weighted by atomic mass is 14.9. The minimum Gasteiger partial charge on any atom is -0.238 e. The largest absolute Gasteiger partial charge is 0.238 e. The average molecular weight is 147 g/mol. The molecule has 1 aliphatic rings. The lowest BCUT2D eigenvalue weighted by molar-refractivity contribution is 0.762. The van der Waals surface area contributed by atoms with Gasteiger partial charge in [-0.1, -0.05) is 0 Å². The molecule has 57 valence electrons. The molecule has 0 bridgehead atoms. The molecule has 0 atom stereocenters. The Morgan fingerprint density at radius 2 is 2.45 bits per heavy atom. The zero-order chi connectivity index (χ0) is 7.68. The minimum absolute atomic E-state index is 0.866. The van der Waals surface area contributed by atoms with E-state index in [1.54, 1.807) is 0 Å². The van der Waals surface area contributed by atoms with Gasteiger partial charge in [-0.25, -0.2) is 9.97 Å². The molecule has 0 aromatic carbocycles. The molecule has 0 saturated heterocycles. The Balaban J connectivity index is 2.10. The van der Waals surface area contributed by atoms with Crippen molar-refractivity contribution < 1.29 is 0 Å². The van der Waals surface area contributed by atoms with E-state index >= 15 is 0 Å². The van der Waals surface area contributed by atoms with Crippen LogP contribution < -0.4 is 0 Å². The van der Waals surface area contributed by atoms with Gasteiger partial charge in [-0.3, -0.25) is 0 Å². The molecule has 0 N–H and O–H groups in total. The maximum Gasteiger partial charge on any atom is 0.129 e. The highest BCUT2D eigenvalue weighted by Crippen LogP contribution is 2.31. The van der Waals surface area contributed by atoms with E-state index in [1.807, 2.05) is 13.0 Å². The molecule has 1 aliphatic carbocycles. The molecule has 1 heterocycles. The topological polar surface area (TPSA) is 25.8 Å². The van der Waals surface area contributed by atoms with Gasteiger partial charge in [0.15, 0.2) is 0 Å². The van der Waals surface area contributed by atoms with E-state index in [4.69, 9.17) is 0 Å². The van der Waals surface area contributed by atoms with E-state index in [0.29, 0.717) is 0 Å². The Kier molecular flexibility index (Phi) is 1.60. The molecular weight excluding hydrogens is 136 g/mol. The van der Waals surface area contributed by atoms with Crippen LogP contribution in [0.1, 0.15) is 24.4 Å². The molecular formula is C9H11N2. The fraction of sp³-hybridized carbons (Fsp3) is 0.556. The van der Waals surface area contributed by atoms with Gasteiger partial charge >= 0.3 is 0 Å². The van der Waals surface area contributed by atoms with Crippen LogP contribution in [-0.2, 0) is 6.42 Å². The lowest BCUT2D eigenvalue weighted by Crippen LogP contribution is -1.97. The number of nitrogens with zero attached hydrogens (tertiary/aromatic N) is 2. The van der Waals surface area contributed by atoms with Crippen LogP contribution >= 0.6 is 0 Å². The van der Waals surface area contributed by atoms with Crippen LogP contribution in [0, 0.1) is 19.0 Å². The van der Waals surface area contributed by atoms with Crippen molar-refractivity contribution in [2.45, 2.75) is 26.2 Å². The first-order valence-electron chi connectivity index (χ1n) is 4.05. The van der Waals surface area contributed by atoms with E-state index in [-0.39, 0.29) is 0 Å². The van der Waals surface area contributed by atoms with Crippen LogP contribution in [0.2, 0.25) is 0 Å². The monoisotopic (exact) mass is 147 g/mol. The Labute approximate surface area is 66.7 Å². The first kappa shape index (κ1) is 6.77. The lowest BCUT2D eigenvalue weighted by Gasteiger charge is -1.96. The number of hydrogen-bond donors (Lipinski definition) is 0. The Morgan fingerprint density at radius 1 is 1.64 bits per heavy atom. The van der Waals surface area contributed by atoms with Gasteiger partial charge in [-0.2, -0.15) is 0 Å². The molecule has 1 saturated carbocycles. The number of hydrogen-bond acceptors (Lipinski definition) is 2. The fourth-order valence-corrected chi connectivity index (χ4v) is 1.13. The van der Waals surface area contributed by atoms with Crippen LogP contribution in [0.15, 0.2) is 6.07 Å². The predicted octanol–water partition coefficient (Wildman–Crippen LogP) is 1.54. The quantitative estimate of drug-likeness (QED) is 0.634. The number of rotatable bonds is 2. The van der Waals surface area contributed by atoms with Crippen LogP contribution in [0.25, 0.3) is 0 Å². The summed E-state index contributed by atoms with van der Waals surface area (Å²) in [6.45, 7) is 1.98. The van der Waals surface area contributed by atoms with E-state index in [1.165, 1.54) is 12.8 Å². The van der Waals surface area contributed by atoms with Gasteiger partial charge in [0.1, 0.15) is 5.82 Å². The molecule has 0 unspecified atom stereocenters. The van der Waals surface area contributed by atoms with Crippen molar-refractivity contribution in [2.75, 3.05) is 0 Å². The smallest absolute Gasteiger partial charge is 0.129 e. The van der Waals surface area contributed by atoms with Crippen molar-refractivity contribution in [1.29, 1.82) is 0 Å². The molecule has 1 aromatic heterocycles. The van der Waals surface area contributed by atoms with E-state index in [0.717, 1.165) is 23.9 Å². The van der Waals surface area contributed by atoms with Crippen LogP contribution in [-0.4, -0.2) is 9.97 Å². The van der Waals surface area contributed by atoms with Crippen LogP contribution in [0.5, 0.6) is 0 Å². The lowest BCUT2D eigenvalue weighted by atomic mass is 10.3. The van der Waals surface area contributed by atoms with Gasteiger partial charge in [0.2, 0.25) is 0 Å². The molecule has 1 fully saturated rings. The molecule has 0 aliphatic heterocycles. The third-order valence-electron chi connectivity index (χ3n) is 1.94. The third-order valence-corrected chi connectivity index (χ3v) is 1.94. The summed E-state index contributed by atoms with van der Waals surface area (Å²) in [6, 6.07) is 1.82. The summed E-state index contributed by atoms with van der Waals surface area (Å²) in [5.74, 6) is 1.83. The van der Waals surface area contributed by atoms with Gasteiger partial charge in [0, 0.05) is 12.1 Å². The average Bonchev–Trinajstić information content (AvgIpc) is 2.71. The van der Waals surface area contributed by atoms with E-state index < -0.39 is 0 Å². The Hall–Kier alpha value is -0.920. The van der Waals surface area contributed by atoms with Crippen molar-refractivity contribution in [3.63, 3.8) is 0 Å². The zero-order valence-electron chi connectivity index (χ0n) is 6.67. The summed E-state index contributed by atoms with van der Waals surface area (Å²) >= 11 is 0. The van der Waals surface area contributed by atoms with Crippen molar-refractivity contribution in [2.24, 2.45) is 5.92 Å². The van der Waals surface area contributed by atoms with Gasteiger partial charge in [0.25, 0.3) is 0 Å². The molecule has 1 aromatic rings. The second-order valence-electron chi connectivity index (χ2n) is 3.20. The van der Waals surface area contributed by atoms with Crippen molar-refractivity contribution in [1.82, 2.24) is 9.97 Å². The second-order valence-corrected chi connectivity index (χ2v) is 3.20. The first-order chi connectivity index (χ1) is 5.34. The number of aryl methyl sites for hydroxylation is 1. The SMILES string of the molecule is Cc1c[c]nc(CC2CC2)n1. The van der Waals surface area contributed by atoms with Crippen molar-refractivity contribution in [3.8, 4) is 0 Å². The summed E-state index contributed by atoms with van der Waals surface area (Å²) in [6.07, 6.45) is 6.62. The van der Waals surface area contributed by atoms with E-state index in [9.17, 15) is 0 Å². The maximum absolute atomic E-state index is 4.31. The maximum atomic E-state index is 4.31. The molecule has 0 amide bonds. The summed E-state index contributed by atoms with van der Waals surface area (Å²) in [7, 11) is 0. The van der Waals surface area contributed by atoms with Gasteiger partial charge in [-0.05, 0) is 31.7 Å². The van der Waals surface area contributed by atoms with E-state index in [2.05, 4.69) is 16.2 Å². The standard InChI is InChI=1S/C9H11N2/c1-7-4-5-10-9(11-7)6-8-2-3-8/h4,8H,2-3,6H2,1H3. The summed E-state index contributed by atoms with van der Waals surface area (Å²) in [5.41, 5.74) is 1.02. The molecule has 2 heteroatoms. The summed E-state index contributed by atoms with van der Waals surface area (Å²) < 4.78 is 0. The van der Waals surface area contributed by atoms with Crippen molar-refractivity contribution in [3.05, 3.63) is 23.8 Å². The summed E-state index contributed by atoms with van der Waals surface area (Å²) in [4.78, 5) is 8.39. The zero-order valence-corrected chi connectivity index (χ0v) is 6.67. The first-order valence-corrected chi connectivity index (χ1v) is 4.05. The molecule has 1 radical (unpaired) electrons. The van der Waals surface area contributed by atoms with Crippen LogP contribution in [0.4, 0.5) is 0 Å². The van der Waals surface area contributed by atoms with Crippen LogP contribution in [0.3, 0.4) is 0 Å². The molecule has 2 rings (SSSR count). The number of aromatic nitrogens is 2. The third kappa shape index (κ3) is 1.76. The molecule has 0 spiro atoms. The second kappa shape index (κ2) is 2.61. The van der Waals surface area contributed by atoms with Gasteiger partial charge in [0.05, 0.1) is 6.20 Å². The normalized spacial score (nSPS) is 16.8. The van der Waals surface area contributed by atoms with Crippen molar-refractivity contribution >= 4 is 0 Å².